The van der Waals surface area contributed by atoms with Crippen LogP contribution < -0.4 is 5.32 Å². The van der Waals surface area contributed by atoms with Crippen molar-refractivity contribution in [3.63, 3.8) is 0 Å². The first-order valence-corrected chi connectivity index (χ1v) is 13.6. The average Bonchev–Trinajstić information content (AvgIpc) is 3.52. The summed E-state index contributed by atoms with van der Waals surface area (Å²) in [4.78, 5) is 23.7. The van der Waals surface area contributed by atoms with Gasteiger partial charge in [0, 0.05) is 46.3 Å². The number of aromatic nitrogens is 2. The van der Waals surface area contributed by atoms with Gasteiger partial charge >= 0.3 is 5.97 Å². The molecule has 2 aromatic heterocycles. The van der Waals surface area contributed by atoms with Crippen molar-refractivity contribution in [3.8, 4) is 0 Å². The fourth-order valence-corrected chi connectivity index (χ4v) is 7.44. The number of esters is 1. The summed E-state index contributed by atoms with van der Waals surface area (Å²) in [6.07, 6.45) is 5.15. The van der Waals surface area contributed by atoms with Crippen LogP contribution in [0.4, 0.5) is 0 Å². The standard InChI is InChI=1S/C31H34N4O2/c1-3-18-17-35-15-13-22-20-9-5-6-10-24(20)33-28(22)26(35)16-23(18)27(31(36)37-2)30-29-21(12-14-32-30)19-8-4-7-11-25(19)34-29/h3-11,23,26-27,30,32-34H,12-17H2,1-2H3/b18-3-/t23-,26-,27+,30+/m0/s1. The quantitative estimate of drug-likeness (QED) is 0.271. The van der Waals surface area contributed by atoms with E-state index in [0.29, 0.717) is 0 Å². The largest absolute Gasteiger partial charge is 0.469 e. The van der Waals surface area contributed by atoms with Crippen LogP contribution in [0.15, 0.2) is 60.2 Å². The SMILES string of the molecule is C/C=C1/CN2CCc3c([nH]c4ccccc34)[C@@H]2C[C@@H]1[C@@H](C(=O)OC)[C@H]1NCCc2c1[nH]c1ccccc21. The number of fused-ring (bicyclic) bond motifs is 8. The van der Waals surface area contributed by atoms with Gasteiger partial charge in [-0.05, 0) is 61.9 Å². The van der Waals surface area contributed by atoms with Crippen LogP contribution >= 0.6 is 0 Å². The smallest absolute Gasteiger partial charge is 0.311 e. The Balaban J connectivity index is 1.32. The first-order chi connectivity index (χ1) is 18.2. The Morgan fingerprint density at radius 1 is 1.00 bits per heavy atom. The number of carbonyl (C=O) groups is 1. The molecule has 0 spiro atoms. The highest BCUT2D eigenvalue weighted by molar-refractivity contribution is 5.86. The third kappa shape index (κ3) is 3.50. The van der Waals surface area contributed by atoms with Crippen LogP contribution in [-0.4, -0.2) is 47.6 Å². The first-order valence-electron chi connectivity index (χ1n) is 13.6. The molecule has 5 heterocycles. The zero-order valence-electron chi connectivity index (χ0n) is 21.5. The van der Waals surface area contributed by atoms with Gasteiger partial charge in [0.15, 0.2) is 0 Å². The fraction of sp³-hybridized carbons (Fsp3) is 0.387. The lowest BCUT2D eigenvalue weighted by molar-refractivity contribution is -0.149. The fourth-order valence-electron chi connectivity index (χ4n) is 7.44. The molecule has 3 aliphatic rings. The first kappa shape index (κ1) is 22.8. The van der Waals surface area contributed by atoms with Crippen LogP contribution in [0.2, 0.25) is 0 Å². The van der Waals surface area contributed by atoms with Gasteiger partial charge in [0.1, 0.15) is 0 Å². The van der Waals surface area contributed by atoms with Crippen molar-refractivity contribution in [2.75, 3.05) is 26.7 Å². The van der Waals surface area contributed by atoms with E-state index in [-0.39, 0.29) is 29.9 Å². The zero-order chi connectivity index (χ0) is 25.1. The Morgan fingerprint density at radius 2 is 1.68 bits per heavy atom. The van der Waals surface area contributed by atoms with E-state index in [9.17, 15) is 4.79 Å². The molecule has 190 valence electrons. The molecule has 4 aromatic rings. The molecule has 7 rings (SSSR count). The summed E-state index contributed by atoms with van der Waals surface area (Å²) in [5, 5.41) is 6.33. The number of para-hydroxylation sites is 2. The molecule has 0 unspecified atom stereocenters. The molecule has 0 bridgehead atoms. The zero-order valence-corrected chi connectivity index (χ0v) is 21.5. The highest BCUT2D eigenvalue weighted by Crippen LogP contribution is 2.48. The minimum atomic E-state index is -0.305. The monoisotopic (exact) mass is 494 g/mol. The number of ether oxygens (including phenoxy) is 1. The normalized spacial score (nSPS) is 25.6. The second-order valence-corrected chi connectivity index (χ2v) is 10.8. The Morgan fingerprint density at radius 3 is 2.38 bits per heavy atom. The van der Waals surface area contributed by atoms with Crippen LogP contribution in [0.5, 0.6) is 0 Å². The summed E-state index contributed by atoms with van der Waals surface area (Å²) in [6, 6.07) is 17.3. The number of piperidine rings is 1. The molecule has 6 nitrogen and oxygen atoms in total. The van der Waals surface area contributed by atoms with Gasteiger partial charge in [-0.25, -0.2) is 0 Å². The lowest BCUT2D eigenvalue weighted by Gasteiger charge is -2.46. The maximum atomic E-state index is 13.6. The van der Waals surface area contributed by atoms with E-state index in [4.69, 9.17) is 4.74 Å². The van der Waals surface area contributed by atoms with Crippen molar-refractivity contribution in [2.24, 2.45) is 11.8 Å². The van der Waals surface area contributed by atoms with E-state index in [1.165, 1.54) is 45.8 Å². The number of benzene rings is 2. The van der Waals surface area contributed by atoms with E-state index in [0.717, 1.165) is 50.1 Å². The number of allylic oxidation sites excluding steroid dienone is 1. The van der Waals surface area contributed by atoms with E-state index in [1.54, 1.807) is 0 Å². The van der Waals surface area contributed by atoms with Gasteiger partial charge < -0.3 is 20.0 Å². The third-order valence-corrected chi connectivity index (χ3v) is 9.14. The molecule has 1 fully saturated rings. The number of hydrogen-bond donors (Lipinski definition) is 3. The number of hydrogen-bond acceptors (Lipinski definition) is 4. The number of rotatable bonds is 3. The topological polar surface area (TPSA) is 73.2 Å². The predicted molar refractivity (Wildman–Crippen MR) is 146 cm³/mol. The minimum absolute atomic E-state index is 0.0888. The second-order valence-electron chi connectivity index (χ2n) is 10.8. The van der Waals surface area contributed by atoms with Crippen molar-refractivity contribution in [1.82, 2.24) is 20.2 Å². The van der Waals surface area contributed by atoms with Gasteiger partial charge in [-0.2, -0.15) is 0 Å². The summed E-state index contributed by atoms with van der Waals surface area (Å²) >= 11 is 0. The molecule has 4 atom stereocenters. The lowest BCUT2D eigenvalue weighted by atomic mass is 9.71. The van der Waals surface area contributed by atoms with Crippen molar-refractivity contribution < 1.29 is 9.53 Å². The summed E-state index contributed by atoms with van der Waals surface area (Å²) in [5.74, 6) is -0.347. The summed E-state index contributed by atoms with van der Waals surface area (Å²) in [6.45, 7) is 4.91. The lowest BCUT2D eigenvalue weighted by Crippen LogP contribution is -2.49. The summed E-state index contributed by atoms with van der Waals surface area (Å²) in [7, 11) is 1.53. The van der Waals surface area contributed by atoms with Gasteiger partial charge in [0.2, 0.25) is 0 Å². The maximum Gasteiger partial charge on any atom is 0.311 e. The molecular formula is C31H34N4O2. The number of carbonyl (C=O) groups excluding carboxylic acids is 1. The highest BCUT2D eigenvalue weighted by atomic mass is 16.5. The van der Waals surface area contributed by atoms with Gasteiger partial charge in [-0.15, -0.1) is 0 Å². The number of nitrogens with one attached hydrogen (secondary N) is 3. The number of nitrogens with zero attached hydrogens (tertiary/aromatic N) is 1. The summed E-state index contributed by atoms with van der Waals surface area (Å²) < 4.78 is 5.51. The van der Waals surface area contributed by atoms with Crippen LogP contribution in [0.3, 0.4) is 0 Å². The molecule has 0 aliphatic carbocycles. The Kier molecular flexibility index (Phi) is 5.48. The third-order valence-electron chi connectivity index (χ3n) is 9.14. The van der Waals surface area contributed by atoms with Gasteiger partial charge in [0.05, 0.1) is 25.1 Å². The van der Waals surface area contributed by atoms with Crippen molar-refractivity contribution in [3.05, 3.63) is 82.7 Å². The van der Waals surface area contributed by atoms with Gasteiger partial charge in [-0.1, -0.05) is 48.0 Å². The molecule has 2 aromatic carbocycles. The Bertz CT molecular complexity index is 1530. The summed E-state index contributed by atoms with van der Waals surface area (Å²) in [5.41, 5.74) is 8.96. The Hall–Kier alpha value is -3.35. The molecule has 0 saturated carbocycles. The number of H-pyrrole nitrogens is 2. The Labute approximate surface area is 217 Å². The van der Waals surface area contributed by atoms with Crippen LogP contribution in [0.25, 0.3) is 21.8 Å². The van der Waals surface area contributed by atoms with Crippen LogP contribution in [-0.2, 0) is 22.4 Å². The van der Waals surface area contributed by atoms with E-state index < -0.39 is 0 Å². The molecule has 3 aliphatic heterocycles. The maximum absolute atomic E-state index is 13.6. The van der Waals surface area contributed by atoms with Crippen molar-refractivity contribution >= 4 is 27.8 Å². The molecule has 0 amide bonds. The molecule has 37 heavy (non-hydrogen) atoms. The molecule has 6 heteroatoms. The van der Waals surface area contributed by atoms with Crippen molar-refractivity contribution in [2.45, 2.75) is 38.3 Å². The molecule has 1 saturated heterocycles. The average molecular weight is 495 g/mol. The van der Waals surface area contributed by atoms with Crippen LogP contribution in [0.1, 0.15) is 47.9 Å². The molecular weight excluding hydrogens is 460 g/mol. The molecule has 0 radical (unpaired) electrons. The van der Waals surface area contributed by atoms with E-state index in [2.05, 4.69) is 81.7 Å². The second kappa shape index (κ2) is 8.89. The van der Waals surface area contributed by atoms with Crippen molar-refractivity contribution in [1.29, 1.82) is 0 Å². The van der Waals surface area contributed by atoms with E-state index in [1.807, 2.05) is 0 Å². The van der Waals surface area contributed by atoms with Gasteiger partial charge in [-0.3, -0.25) is 9.69 Å². The number of methoxy groups -OCH3 is 1. The highest BCUT2D eigenvalue weighted by Gasteiger charge is 2.47. The van der Waals surface area contributed by atoms with E-state index >= 15 is 0 Å². The molecule has 3 N–H and O–H groups in total. The van der Waals surface area contributed by atoms with Crippen LogP contribution in [0, 0.1) is 11.8 Å². The predicted octanol–water partition coefficient (Wildman–Crippen LogP) is 5.19. The number of aromatic amines is 2. The minimum Gasteiger partial charge on any atom is -0.469 e. The van der Waals surface area contributed by atoms with Gasteiger partial charge in [0.25, 0.3) is 0 Å².